The number of halogens is 3. The van der Waals surface area contributed by atoms with E-state index in [9.17, 15) is 18.7 Å². The Balaban J connectivity index is 0.00000320. The van der Waals surface area contributed by atoms with Gasteiger partial charge in [-0.3, -0.25) is 9.69 Å². The fourth-order valence-electron chi connectivity index (χ4n) is 3.88. The van der Waals surface area contributed by atoms with Gasteiger partial charge in [-0.1, -0.05) is 37.6 Å². The summed E-state index contributed by atoms with van der Waals surface area (Å²) in [4.78, 5) is 13.5. The third-order valence-electron chi connectivity index (χ3n) is 5.44. The van der Waals surface area contributed by atoms with Gasteiger partial charge in [0.1, 0.15) is 23.8 Å². The van der Waals surface area contributed by atoms with Crippen molar-refractivity contribution in [2.24, 2.45) is 0 Å². The summed E-state index contributed by atoms with van der Waals surface area (Å²) >= 11 is 0. The summed E-state index contributed by atoms with van der Waals surface area (Å²) in [5.74, 6) is -1.42. The second-order valence-corrected chi connectivity index (χ2v) is 7.50. The van der Waals surface area contributed by atoms with Crippen LogP contribution >= 0.6 is 12.4 Å². The summed E-state index contributed by atoms with van der Waals surface area (Å²) in [6.45, 7) is 3.30. The van der Waals surface area contributed by atoms with Gasteiger partial charge in [0.15, 0.2) is 0 Å². The van der Waals surface area contributed by atoms with E-state index in [4.69, 9.17) is 4.74 Å². The predicted molar refractivity (Wildman–Crippen MR) is 114 cm³/mol. The van der Waals surface area contributed by atoms with Gasteiger partial charge in [-0.2, -0.15) is 0 Å². The summed E-state index contributed by atoms with van der Waals surface area (Å²) in [6.07, 6.45) is 2.40. The molecule has 1 unspecified atom stereocenters. The zero-order chi connectivity index (χ0) is 20.8. The Morgan fingerprint density at radius 3 is 1.90 bits per heavy atom. The Labute approximate surface area is 182 Å². The van der Waals surface area contributed by atoms with Gasteiger partial charge in [-0.05, 0) is 54.7 Å². The van der Waals surface area contributed by atoms with E-state index >= 15 is 0 Å². The van der Waals surface area contributed by atoms with Gasteiger partial charge in [-0.15, -0.1) is 12.4 Å². The fourth-order valence-corrected chi connectivity index (χ4v) is 3.88. The molecule has 0 spiro atoms. The van der Waals surface area contributed by atoms with E-state index in [0.717, 1.165) is 17.5 Å². The molecule has 164 valence electrons. The number of benzene rings is 2. The van der Waals surface area contributed by atoms with Crippen molar-refractivity contribution < 1.29 is 23.4 Å². The number of carbonyl (C=O) groups is 1. The first-order valence-corrected chi connectivity index (χ1v) is 10.1. The molecule has 1 aliphatic rings. The van der Waals surface area contributed by atoms with Crippen LogP contribution in [0.2, 0.25) is 0 Å². The van der Waals surface area contributed by atoms with Crippen LogP contribution in [0.25, 0.3) is 0 Å². The average Bonchev–Trinajstić information content (AvgIpc) is 2.72. The number of carboxylic acid groups (broad SMARTS) is 1. The first-order chi connectivity index (χ1) is 14.0. The number of hydrogen-bond acceptors (Lipinski definition) is 3. The van der Waals surface area contributed by atoms with Crippen LogP contribution in [0.1, 0.15) is 49.8 Å². The lowest BCUT2D eigenvalue weighted by atomic mass is 9.99. The standard InChI is InChI=1S/C23H27F2NO3.ClH/c1-2-3-21(23(27)28)26-14-12-20(13-15-26)29-22(16-4-8-18(24)9-5-16)17-6-10-19(25)11-7-17;/h4-11,20-22H,2-3,12-15H2,1H3,(H,27,28);1H. The molecule has 1 aliphatic heterocycles. The monoisotopic (exact) mass is 439 g/mol. The number of ether oxygens (including phenoxy) is 1. The minimum absolute atomic E-state index is 0. The molecule has 1 saturated heterocycles. The molecule has 0 aromatic heterocycles. The average molecular weight is 440 g/mol. The van der Waals surface area contributed by atoms with Gasteiger partial charge in [0.25, 0.3) is 0 Å². The molecule has 2 aromatic rings. The molecule has 30 heavy (non-hydrogen) atoms. The van der Waals surface area contributed by atoms with E-state index in [1.807, 2.05) is 11.8 Å². The maximum Gasteiger partial charge on any atom is 0.320 e. The van der Waals surface area contributed by atoms with Gasteiger partial charge < -0.3 is 9.84 Å². The zero-order valence-electron chi connectivity index (χ0n) is 17.0. The summed E-state index contributed by atoms with van der Waals surface area (Å²) < 4.78 is 33.1. The fraction of sp³-hybridized carbons (Fsp3) is 0.435. The van der Waals surface area contributed by atoms with Gasteiger partial charge >= 0.3 is 5.97 Å². The van der Waals surface area contributed by atoms with Crippen molar-refractivity contribution in [1.29, 1.82) is 0 Å². The molecule has 0 amide bonds. The van der Waals surface area contributed by atoms with E-state index in [-0.39, 0.29) is 30.1 Å². The molecular weight excluding hydrogens is 412 g/mol. The molecule has 1 N–H and O–H groups in total. The van der Waals surface area contributed by atoms with Crippen LogP contribution in [0.15, 0.2) is 48.5 Å². The SMILES string of the molecule is CCCC(C(=O)O)N1CCC(OC(c2ccc(F)cc2)c2ccc(F)cc2)CC1.Cl. The molecule has 0 bridgehead atoms. The summed E-state index contributed by atoms with van der Waals surface area (Å²) in [5.41, 5.74) is 1.60. The van der Waals surface area contributed by atoms with Crippen LogP contribution in [0.4, 0.5) is 8.78 Å². The molecule has 1 atom stereocenters. The molecule has 4 nitrogen and oxygen atoms in total. The molecule has 1 fully saturated rings. The van der Waals surface area contributed by atoms with Crippen LogP contribution < -0.4 is 0 Å². The van der Waals surface area contributed by atoms with Crippen molar-refractivity contribution in [2.75, 3.05) is 13.1 Å². The maximum atomic E-state index is 13.4. The largest absolute Gasteiger partial charge is 0.480 e. The number of hydrogen-bond donors (Lipinski definition) is 1. The van der Waals surface area contributed by atoms with E-state index in [0.29, 0.717) is 32.4 Å². The predicted octanol–water partition coefficient (Wildman–Crippen LogP) is 5.21. The highest BCUT2D eigenvalue weighted by molar-refractivity contribution is 5.85. The molecule has 1 heterocycles. The third-order valence-corrected chi connectivity index (χ3v) is 5.44. The highest BCUT2D eigenvalue weighted by atomic mass is 35.5. The highest BCUT2D eigenvalue weighted by Crippen LogP contribution is 2.31. The number of carboxylic acids is 1. The number of nitrogens with zero attached hydrogens (tertiary/aromatic N) is 1. The first-order valence-electron chi connectivity index (χ1n) is 10.1. The van der Waals surface area contributed by atoms with Crippen molar-refractivity contribution in [3.8, 4) is 0 Å². The molecule has 3 rings (SSSR count). The van der Waals surface area contributed by atoms with Crippen molar-refractivity contribution in [2.45, 2.75) is 50.9 Å². The van der Waals surface area contributed by atoms with Gasteiger partial charge in [0.2, 0.25) is 0 Å². The number of rotatable bonds is 8. The molecule has 0 aliphatic carbocycles. The van der Waals surface area contributed by atoms with Crippen molar-refractivity contribution in [1.82, 2.24) is 4.90 Å². The number of piperidine rings is 1. The molecule has 0 saturated carbocycles. The van der Waals surface area contributed by atoms with Crippen LogP contribution in [0.3, 0.4) is 0 Å². The summed E-state index contributed by atoms with van der Waals surface area (Å²) in [7, 11) is 0. The molecule has 2 aromatic carbocycles. The van der Waals surface area contributed by atoms with Gasteiger partial charge in [-0.25, -0.2) is 8.78 Å². The van der Waals surface area contributed by atoms with Crippen molar-refractivity contribution in [3.63, 3.8) is 0 Å². The molecule has 0 radical (unpaired) electrons. The third kappa shape index (κ3) is 6.24. The molecule has 7 heteroatoms. The van der Waals surface area contributed by atoms with E-state index in [1.54, 1.807) is 24.3 Å². The maximum absolute atomic E-state index is 13.4. The van der Waals surface area contributed by atoms with Crippen LogP contribution in [0, 0.1) is 11.6 Å². The summed E-state index contributed by atoms with van der Waals surface area (Å²) in [5, 5.41) is 9.48. The first kappa shape index (κ1) is 24.3. The Morgan fingerprint density at radius 1 is 1.03 bits per heavy atom. The van der Waals surface area contributed by atoms with Gasteiger partial charge in [0.05, 0.1) is 6.10 Å². The summed E-state index contributed by atoms with van der Waals surface area (Å²) in [6, 6.07) is 11.8. The Morgan fingerprint density at radius 2 is 1.50 bits per heavy atom. The Bertz CT molecular complexity index is 748. The second kappa shape index (κ2) is 11.4. The lowest BCUT2D eigenvalue weighted by Gasteiger charge is -2.37. The lowest BCUT2D eigenvalue weighted by Crippen LogP contribution is -2.47. The Hall–Kier alpha value is -2.02. The lowest BCUT2D eigenvalue weighted by molar-refractivity contribution is -0.145. The van der Waals surface area contributed by atoms with Crippen LogP contribution in [-0.2, 0) is 9.53 Å². The highest BCUT2D eigenvalue weighted by Gasteiger charge is 2.30. The van der Waals surface area contributed by atoms with E-state index < -0.39 is 18.1 Å². The topological polar surface area (TPSA) is 49.8 Å². The van der Waals surface area contributed by atoms with Gasteiger partial charge in [0, 0.05) is 13.1 Å². The van der Waals surface area contributed by atoms with Crippen molar-refractivity contribution >= 4 is 18.4 Å². The Kier molecular flexibility index (Phi) is 9.21. The minimum atomic E-state index is -0.776. The quantitative estimate of drug-likeness (QED) is 0.613. The second-order valence-electron chi connectivity index (χ2n) is 7.50. The van der Waals surface area contributed by atoms with E-state index in [1.165, 1.54) is 24.3 Å². The number of likely N-dealkylation sites (tertiary alicyclic amines) is 1. The van der Waals surface area contributed by atoms with E-state index in [2.05, 4.69) is 0 Å². The minimum Gasteiger partial charge on any atom is -0.480 e. The van der Waals surface area contributed by atoms with Crippen molar-refractivity contribution in [3.05, 3.63) is 71.3 Å². The van der Waals surface area contributed by atoms with Crippen LogP contribution in [-0.4, -0.2) is 41.2 Å². The normalized spacial score (nSPS) is 16.3. The molecular formula is C23H28ClF2NO3. The smallest absolute Gasteiger partial charge is 0.320 e. The van der Waals surface area contributed by atoms with Crippen LogP contribution in [0.5, 0.6) is 0 Å². The number of aliphatic carboxylic acids is 1. The zero-order valence-corrected chi connectivity index (χ0v) is 17.8.